The predicted molar refractivity (Wildman–Crippen MR) is 88.3 cm³/mol. The molecule has 0 unspecified atom stereocenters. The quantitative estimate of drug-likeness (QED) is 0.547. The molecule has 0 N–H and O–H groups in total. The summed E-state index contributed by atoms with van der Waals surface area (Å²) in [4.78, 5) is 12.7. The van der Waals surface area contributed by atoms with Gasteiger partial charge in [-0.1, -0.05) is 39.7 Å². The van der Waals surface area contributed by atoms with Gasteiger partial charge in [-0.3, -0.25) is 4.79 Å². The van der Waals surface area contributed by atoms with E-state index < -0.39 is 0 Å². The van der Waals surface area contributed by atoms with E-state index in [1.807, 2.05) is 32.0 Å². The first-order chi connectivity index (χ1) is 9.97. The van der Waals surface area contributed by atoms with Gasteiger partial charge >= 0.3 is 0 Å². The van der Waals surface area contributed by atoms with E-state index in [9.17, 15) is 4.79 Å². The molecule has 4 heteroatoms. The summed E-state index contributed by atoms with van der Waals surface area (Å²) in [6.45, 7) is 3.88. The lowest BCUT2D eigenvalue weighted by molar-refractivity contribution is 0.101. The molecule has 0 saturated heterocycles. The molecule has 0 atom stereocenters. The fourth-order valence-corrected chi connectivity index (χ4v) is 3.10. The van der Waals surface area contributed by atoms with Gasteiger partial charge in [0.1, 0.15) is 5.58 Å². The van der Waals surface area contributed by atoms with Crippen LogP contribution in [0.15, 0.2) is 45.3 Å². The van der Waals surface area contributed by atoms with Gasteiger partial charge < -0.3 is 4.42 Å². The number of rotatable bonds is 2. The Labute approximate surface area is 135 Å². The van der Waals surface area contributed by atoms with Crippen LogP contribution in [0.25, 0.3) is 11.0 Å². The lowest BCUT2D eigenvalue weighted by atomic mass is 10.0. The SMILES string of the molecule is Cc1ccc2c(C)c(C(=O)c3ccc(Br)cc3Cl)oc2c1. The van der Waals surface area contributed by atoms with Crippen molar-refractivity contribution in [2.24, 2.45) is 0 Å². The molecular formula is C17H12BrClO2. The van der Waals surface area contributed by atoms with Crippen LogP contribution >= 0.6 is 27.5 Å². The van der Waals surface area contributed by atoms with Gasteiger partial charge in [0.05, 0.1) is 5.02 Å². The topological polar surface area (TPSA) is 30.2 Å². The molecule has 21 heavy (non-hydrogen) atoms. The van der Waals surface area contributed by atoms with Gasteiger partial charge in [-0.05, 0) is 43.7 Å². The molecule has 3 aromatic rings. The van der Waals surface area contributed by atoms with E-state index in [1.165, 1.54) is 0 Å². The number of carbonyl (C=O) groups excluding carboxylic acids is 1. The average Bonchev–Trinajstić information content (AvgIpc) is 2.75. The molecule has 0 aliphatic heterocycles. The van der Waals surface area contributed by atoms with E-state index in [0.717, 1.165) is 26.6 Å². The smallest absolute Gasteiger partial charge is 0.229 e. The first-order valence-electron chi connectivity index (χ1n) is 6.47. The van der Waals surface area contributed by atoms with Crippen molar-refractivity contribution in [1.29, 1.82) is 0 Å². The van der Waals surface area contributed by atoms with Crippen molar-refractivity contribution in [3.05, 3.63) is 68.3 Å². The molecule has 1 aromatic heterocycles. The number of aryl methyl sites for hydroxylation is 2. The summed E-state index contributed by atoms with van der Waals surface area (Å²) in [6.07, 6.45) is 0. The highest BCUT2D eigenvalue weighted by Gasteiger charge is 2.21. The second kappa shape index (κ2) is 5.32. The number of ketones is 1. The van der Waals surface area contributed by atoms with Gasteiger partial charge in [0.2, 0.25) is 5.78 Å². The zero-order valence-corrected chi connectivity index (χ0v) is 13.9. The van der Waals surface area contributed by atoms with Crippen molar-refractivity contribution in [2.45, 2.75) is 13.8 Å². The summed E-state index contributed by atoms with van der Waals surface area (Å²) >= 11 is 9.49. The molecule has 3 rings (SSSR count). The second-order valence-corrected chi connectivity index (χ2v) is 6.33. The van der Waals surface area contributed by atoms with Gasteiger partial charge in [0, 0.05) is 21.0 Å². The normalized spacial score (nSPS) is 11.0. The fraction of sp³-hybridized carbons (Fsp3) is 0.118. The lowest BCUT2D eigenvalue weighted by Crippen LogP contribution is -2.02. The van der Waals surface area contributed by atoms with Crippen molar-refractivity contribution in [1.82, 2.24) is 0 Å². The summed E-state index contributed by atoms with van der Waals surface area (Å²) in [7, 11) is 0. The van der Waals surface area contributed by atoms with Crippen LogP contribution < -0.4 is 0 Å². The van der Waals surface area contributed by atoms with Crippen LogP contribution in [0.4, 0.5) is 0 Å². The summed E-state index contributed by atoms with van der Waals surface area (Å²) < 4.78 is 6.60. The number of hydrogen-bond donors (Lipinski definition) is 0. The molecule has 1 heterocycles. The summed E-state index contributed by atoms with van der Waals surface area (Å²) in [5, 5.41) is 1.36. The van der Waals surface area contributed by atoms with E-state index in [2.05, 4.69) is 15.9 Å². The van der Waals surface area contributed by atoms with Gasteiger partial charge in [0.25, 0.3) is 0 Å². The largest absolute Gasteiger partial charge is 0.452 e. The number of hydrogen-bond acceptors (Lipinski definition) is 2. The highest BCUT2D eigenvalue weighted by Crippen LogP contribution is 2.30. The Morgan fingerprint density at radius 3 is 2.62 bits per heavy atom. The van der Waals surface area contributed by atoms with E-state index >= 15 is 0 Å². The molecule has 0 spiro atoms. The Morgan fingerprint density at radius 1 is 1.14 bits per heavy atom. The van der Waals surface area contributed by atoms with Crippen LogP contribution in [0.3, 0.4) is 0 Å². The number of carbonyl (C=O) groups is 1. The van der Waals surface area contributed by atoms with Gasteiger partial charge in [-0.2, -0.15) is 0 Å². The highest BCUT2D eigenvalue weighted by molar-refractivity contribution is 9.10. The molecule has 0 aliphatic carbocycles. The maximum Gasteiger partial charge on any atom is 0.229 e. The fourth-order valence-electron chi connectivity index (χ4n) is 2.35. The first-order valence-corrected chi connectivity index (χ1v) is 7.64. The Kier molecular flexibility index (Phi) is 3.64. The van der Waals surface area contributed by atoms with E-state index in [-0.39, 0.29) is 5.78 Å². The molecular weight excluding hydrogens is 352 g/mol. The molecule has 0 aliphatic rings. The molecule has 2 nitrogen and oxygen atoms in total. The maximum atomic E-state index is 12.7. The summed E-state index contributed by atoms with van der Waals surface area (Å²) in [5.41, 5.74) is 3.11. The van der Waals surface area contributed by atoms with E-state index in [4.69, 9.17) is 16.0 Å². The zero-order valence-electron chi connectivity index (χ0n) is 11.5. The van der Waals surface area contributed by atoms with Gasteiger partial charge in [-0.25, -0.2) is 0 Å². The Bertz CT molecular complexity index is 865. The van der Waals surface area contributed by atoms with Crippen molar-refractivity contribution in [2.75, 3.05) is 0 Å². The third-order valence-corrected chi connectivity index (χ3v) is 4.28. The minimum absolute atomic E-state index is 0.196. The van der Waals surface area contributed by atoms with E-state index in [1.54, 1.807) is 18.2 Å². The molecule has 0 radical (unpaired) electrons. The van der Waals surface area contributed by atoms with Gasteiger partial charge in [-0.15, -0.1) is 0 Å². The third kappa shape index (κ3) is 2.52. The highest BCUT2D eigenvalue weighted by atomic mass is 79.9. The average molecular weight is 364 g/mol. The predicted octanol–water partition coefficient (Wildman–Crippen LogP) is 5.70. The van der Waals surface area contributed by atoms with Crippen molar-refractivity contribution < 1.29 is 9.21 Å². The van der Waals surface area contributed by atoms with Crippen LogP contribution in [0, 0.1) is 13.8 Å². The minimum Gasteiger partial charge on any atom is -0.452 e. The molecule has 106 valence electrons. The Hall–Kier alpha value is -1.58. The summed E-state index contributed by atoms with van der Waals surface area (Å²) in [6, 6.07) is 11.1. The van der Waals surface area contributed by atoms with Gasteiger partial charge in [0.15, 0.2) is 5.76 Å². The second-order valence-electron chi connectivity index (χ2n) is 5.01. The lowest BCUT2D eigenvalue weighted by Gasteiger charge is -2.02. The number of halogens is 2. The number of furan rings is 1. The monoisotopic (exact) mass is 362 g/mol. The molecule has 2 aromatic carbocycles. The van der Waals surface area contributed by atoms with Crippen LogP contribution in [-0.4, -0.2) is 5.78 Å². The molecule has 0 amide bonds. The van der Waals surface area contributed by atoms with Crippen LogP contribution in [-0.2, 0) is 0 Å². The van der Waals surface area contributed by atoms with Crippen LogP contribution in [0.5, 0.6) is 0 Å². The van der Waals surface area contributed by atoms with Crippen LogP contribution in [0.2, 0.25) is 5.02 Å². The Morgan fingerprint density at radius 2 is 1.90 bits per heavy atom. The minimum atomic E-state index is -0.196. The van der Waals surface area contributed by atoms with Crippen molar-refractivity contribution in [3.63, 3.8) is 0 Å². The van der Waals surface area contributed by atoms with Crippen molar-refractivity contribution >= 4 is 44.3 Å². The zero-order chi connectivity index (χ0) is 15.1. The molecule has 0 fully saturated rings. The third-order valence-electron chi connectivity index (χ3n) is 3.48. The van der Waals surface area contributed by atoms with Crippen LogP contribution in [0.1, 0.15) is 27.2 Å². The van der Waals surface area contributed by atoms with Crippen molar-refractivity contribution in [3.8, 4) is 0 Å². The summed E-state index contributed by atoms with van der Waals surface area (Å²) in [5.74, 6) is 0.152. The first kappa shape index (κ1) is 14.4. The standard InChI is InChI=1S/C17H12BrClO2/c1-9-3-5-12-10(2)17(21-15(12)7-9)16(20)13-6-4-11(18)8-14(13)19/h3-8H,1-2H3. The molecule has 0 bridgehead atoms. The van der Waals surface area contributed by atoms with E-state index in [0.29, 0.717) is 16.3 Å². The number of benzene rings is 2. The Balaban J connectivity index is 2.15. The number of fused-ring (bicyclic) bond motifs is 1. The maximum absolute atomic E-state index is 12.7. The molecule has 0 saturated carbocycles.